The number of fused-ring (bicyclic) bond motifs is 3. The summed E-state index contributed by atoms with van der Waals surface area (Å²) < 4.78 is 9.05. The van der Waals surface area contributed by atoms with E-state index in [0.717, 1.165) is 6.32 Å². The molecule has 3 heteroatoms. The number of aryl methyl sites for hydroxylation is 1. The molecule has 1 aliphatic heterocycles. The highest BCUT2D eigenvalue weighted by Gasteiger charge is 2.50. The van der Waals surface area contributed by atoms with Crippen LogP contribution >= 0.6 is 0 Å². The molecule has 1 aromatic heterocycles. The fraction of sp³-hybridized carbons (Fsp3) is 0.308. The Kier molecular flexibility index (Phi) is 3.98. The van der Waals surface area contributed by atoms with Gasteiger partial charge in [-0.15, -0.1) is 0 Å². The molecular weight excluding hydrogens is 353 g/mol. The Balaban J connectivity index is 1.82. The quantitative estimate of drug-likeness (QED) is 0.381. The van der Waals surface area contributed by atoms with Crippen molar-refractivity contribution >= 4 is 34.2 Å². The van der Waals surface area contributed by atoms with Crippen LogP contribution in [-0.4, -0.2) is 17.1 Å². The number of rotatable bonds is 2. The summed E-state index contributed by atoms with van der Waals surface area (Å²) in [6.07, 6.45) is 1.03. The van der Waals surface area contributed by atoms with Crippen LogP contribution in [0.3, 0.4) is 0 Å². The predicted molar refractivity (Wildman–Crippen MR) is 125 cm³/mol. The van der Waals surface area contributed by atoms with Crippen LogP contribution in [0.25, 0.3) is 27.5 Å². The molecule has 0 saturated carbocycles. The number of para-hydroxylation sites is 2. The Morgan fingerprint density at radius 2 is 1.52 bits per heavy atom. The van der Waals surface area contributed by atoms with Gasteiger partial charge in [0.1, 0.15) is 0 Å². The average Bonchev–Trinajstić information content (AvgIpc) is 3.13. The molecule has 0 aliphatic carbocycles. The lowest BCUT2D eigenvalue weighted by Crippen LogP contribution is -2.36. The SMILES string of the molecule is Cc1ccccc1-n1c2ccccc2c2c(B3CC(C)(C)C(C)(C)O3)cccc21. The average molecular weight is 381 g/mol. The molecule has 1 saturated heterocycles. The zero-order chi connectivity index (χ0) is 20.4. The Morgan fingerprint density at radius 3 is 2.24 bits per heavy atom. The second kappa shape index (κ2) is 6.24. The number of hydrogen-bond donors (Lipinski definition) is 0. The highest BCUT2D eigenvalue weighted by atomic mass is 16.5. The van der Waals surface area contributed by atoms with E-state index in [0.29, 0.717) is 0 Å². The van der Waals surface area contributed by atoms with Gasteiger partial charge in [0.05, 0.1) is 16.6 Å². The molecule has 146 valence electrons. The lowest BCUT2D eigenvalue weighted by Gasteiger charge is -2.34. The van der Waals surface area contributed by atoms with Gasteiger partial charge in [0, 0.05) is 16.5 Å². The van der Waals surface area contributed by atoms with Crippen molar-refractivity contribution in [1.29, 1.82) is 0 Å². The third-order valence-corrected chi connectivity index (χ3v) is 7.20. The van der Waals surface area contributed by atoms with Crippen molar-refractivity contribution in [3.8, 4) is 5.69 Å². The first-order valence-electron chi connectivity index (χ1n) is 10.6. The van der Waals surface area contributed by atoms with E-state index in [4.69, 9.17) is 4.65 Å². The van der Waals surface area contributed by atoms with Crippen molar-refractivity contribution in [2.24, 2.45) is 5.41 Å². The molecule has 2 nitrogen and oxygen atoms in total. The first-order chi connectivity index (χ1) is 13.8. The molecule has 1 aliphatic rings. The molecule has 29 heavy (non-hydrogen) atoms. The van der Waals surface area contributed by atoms with Gasteiger partial charge in [0.25, 0.3) is 0 Å². The maximum Gasteiger partial charge on any atom is 0.328 e. The lowest BCUT2D eigenvalue weighted by molar-refractivity contribution is 0.0376. The van der Waals surface area contributed by atoms with E-state index in [1.807, 2.05) is 0 Å². The van der Waals surface area contributed by atoms with Crippen LogP contribution in [0.15, 0.2) is 66.7 Å². The van der Waals surface area contributed by atoms with E-state index < -0.39 is 0 Å². The summed E-state index contributed by atoms with van der Waals surface area (Å²) in [6, 6.07) is 24.1. The van der Waals surface area contributed by atoms with Crippen molar-refractivity contribution in [2.45, 2.75) is 46.5 Å². The molecule has 4 aromatic rings. The molecule has 2 heterocycles. The second-order valence-electron chi connectivity index (χ2n) is 9.59. The Bertz CT molecular complexity index is 1220. The van der Waals surface area contributed by atoms with Crippen molar-refractivity contribution < 1.29 is 4.65 Å². The zero-order valence-corrected chi connectivity index (χ0v) is 18.0. The van der Waals surface area contributed by atoms with Gasteiger partial charge >= 0.3 is 6.92 Å². The minimum atomic E-state index is -0.145. The number of nitrogens with zero attached hydrogens (tertiary/aromatic N) is 1. The minimum absolute atomic E-state index is 0.111. The normalized spacial score (nSPS) is 18.0. The highest BCUT2D eigenvalue weighted by Crippen LogP contribution is 2.46. The van der Waals surface area contributed by atoms with E-state index >= 15 is 0 Å². The first kappa shape index (κ1) is 18.5. The van der Waals surface area contributed by atoms with Gasteiger partial charge in [0.2, 0.25) is 0 Å². The maximum absolute atomic E-state index is 6.64. The largest absolute Gasteiger partial charge is 0.426 e. The van der Waals surface area contributed by atoms with Crippen LogP contribution in [0.5, 0.6) is 0 Å². The van der Waals surface area contributed by atoms with E-state index in [2.05, 4.69) is 106 Å². The molecular formula is C26H28BNO. The molecule has 0 amide bonds. The highest BCUT2D eigenvalue weighted by molar-refractivity contribution is 6.71. The molecule has 1 fully saturated rings. The summed E-state index contributed by atoms with van der Waals surface area (Å²) in [5, 5.41) is 2.62. The summed E-state index contributed by atoms with van der Waals surface area (Å²) in [5.74, 6) is 0. The number of aromatic nitrogens is 1. The van der Waals surface area contributed by atoms with Crippen molar-refractivity contribution in [3.63, 3.8) is 0 Å². The molecule has 5 rings (SSSR count). The van der Waals surface area contributed by atoms with Gasteiger partial charge < -0.3 is 9.22 Å². The van der Waals surface area contributed by atoms with Crippen LogP contribution in [0, 0.1) is 12.3 Å². The second-order valence-corrected chi connectivity index (χ2v) is 9.59. The van der Waals surface area contributed by atoms with Gasteiger partial charge in [-0.1, -0.05) is 62.4 Å². The molecule has 0 radical (unpaired) electrons. The van der Waals surface area contributed by atoms with Crippen molar-refractivity contribution in [1.82, 2.24) is 4.57 Å². The van der Waals surface area contributed by atoms with Crippen LogP contribution in [0.2, 0.25) is 6.32 Å². The molecule has 0 N–H and O–H groups in total. The number of benzene rings is 3. The standard InChI is InChI=1S/C26H28BNO/c1-18-11-6-8-14-21(18)28-22-15-9-7-12-19(22)24-20(13-10-16-23(24)28)27-17-25(2,3)26(4,5)29-27/h6-16H,17H2,1-5H3. The fourth-order valence-corrected chi connectivity index (χ4v) is 4.83. The number of hydrogen-bond acceptors (Lipinski definition) is 1. The topological polar surface area (TPSA) is 14.2 Å². The lowest BCUT2D eigenvalue weighted by atomic mass is 9.53. The van der Waals surface area contributed by atoms with Gasteiger partial charge in [0.15, 0.2) is 0 Å². The summed E-state index contributed by atoms with van der Waals surface area (Å²) in [4.78, 5) is 0. The zero-order valence-electron chi connectivity index (χ0n) is 18.0. The van der Waals surface area contributed by atoms with Gasteiger partial charge in [-0.05, 0) is 61.7 Å². The third kappa shape index (κ3) is 2.68. The van der Waals surface area contributed by atoms with Crippen LogP contribution < -0.4 is 5.46 Å². The fourth-order valence-electron chi connectivity index (χ4n) is 4.83. The van der Waals surface area contributed by atoms with E-state index in [-0.39, 0.29) is 17.9 Å². The monoisotopic (exact) mass is 381 g/mol. The summed E-state index contributed by atoms with van der Waals surface area (Å²) in [6.45, 7) is 11.4. The third-order valence-electron chi connectivity index (χ3n) is 7.20. The van der Waals surface area contributed by atoms with Gasteiger partial charge in [-0.2, -0.15) is 0 Å². The summed E-state index contributed by atoms with van der Waals surface area (Å²) in [5.41, 5.74) is 6.32. The van der Waals surface area contributed by atoms with E-state index in [9.17, 15) is 0 Å². The predicted octanol–water partition coefficient (Wildman–Crippen LogP) is 6.13. The first-order valence-corrected chi connectivity index (χ1v) is 10.6. The molecule has 0 atom stereocenters. The molecule has 3 aromatic carbocycles. The summed E-state index contributed by atoms with van der Waals surface area (Å²) in [7, 11) is 0. The maximum atomic E-state index is 6.64. The molecule has 0 unspecified atom stereocenters. The Labute approximate surface area is 173 Å². The molecule has 0 bridgehead atoms. The molecule has 0 spiro atoms. The van der Waals surface area contributed by atoms with Gasteiger partial charge in [-0.3, -0.25) is 0 Å². The van der Waals surface area contributed by atoms with Crippen molar-refractivity contribution in [3.05, 3.63) is 72.3 Å². The van der Waals surface area contributed by atoms with Crippen LogP contribution in [0.1, 0.15) is 33.3 Å². The Hall–Kier alpha value is -2.52. The van der Waals surface area contributed by atoms with Crippen LogP contribution in [0.4, 0.5) is 0 Å². The minimum Gasteiger partial charge on any atom is -0.426 e. The van der Waals surface area contributed by atoms with E-state index in [1.54, 1.807) is 0 Å². The van der Waals surface area contributed by atoms with Crippen LogP contribution in [-0.2, 0) is 4.65 Å². The summed E-state index contributed by atoms with van der Waals surface area (Å²) >= 11 is 0. The smallest absolute Gasteiger partial charge is 0.328 e. The van der Waals surface area contributed by atoms with Crippen molar-refractivity contribution in [2.75, 3.05) is 0 Å². The van der Waals surface area contributed by atoms with E-state index in [1.165, 1.54) is 38.5 Å². The van der Waals surface area contributed by atoms with Gasteiger partial charge in [-0.25, -0.2) is 0 Å². The Morgan fingerprint density at radius 1 is 0.828 bits per heavy atom.